The molecular weight excluding hydrogens is 298 g/mol. The molecule has 1 aliphatic rings. The number of imidazole rings is 1. The Morgan fingerprint density at radius 1 is 1.56 bits per heavy atom. The van der Waals surface area contributed by atoms with Crippen molar-refractivity contribution in [2.75, 3.05) is 6.54 Å². The molecule has 1 unspecified atom stereocenters. The average Bonchev–Trinajstić information content (AvgIpc) is 2.58. The molecule has 1 atom stereocenters. The molecule has 100 valence electrons. The first kappa shape index (κ1) is 13.4. The van der Waals surface area contributed by atoms with Gasteiger partial charge in [0.1, 0.15) is 5.60 Å². The lowest BCUT2D eigenvalue weighted by atomic mass is 10.2. The molecule has 0 bridgehead atoms. The number of amides is 1. The zero-order chi connectivity index (χ0) is 13.5. The number of carbonyl (C=O) groups is 1. The molecule has 0 spiro atoms. The van der Waals surface area contributed by atoms with E-state index >= 15 is 0 Å². The normalized spacial score (nSPS) is 19.6. The molecule has 6 heteroatoms. The number of ether oxygens (including phenoxy) is 1. The van der Waals surface area contributed by atoms with Gasteiger partial charge >= 0.3 is 6.09 Å². The smallest absolute Gasteiger partial charge is 0.410 e. The van der Waals surface area contributed by atoms with Gasteiger partial charge in [-0.3, -0.25) is 0 Å². The van der Waals surface area contributed by atoms with E-state index in [1.165, 1.54) is 0 Å². The largest absolute Gasteiger partial charge is 0.444 e. The topological polar surface area (TPSA) is 47.4 Å². The van der Waals surface area contributed by atoms with Crippen LogP contribution in [0, 0.1) is 0 Å². The molecule has 2 rings (SSSR count). The second-order valence-electron chi connectivity index (χ2n) is 5.60. The Morgan fingerprint density at radius 3 is 2.83 bits per heavy atom. The van der Waals surface area contributed by atoms with Gasteiger partial charge in [-0.15, -0.1) is 0 Å². The van der Waals surface area contributed by atoms with Crippen molar-refractivity contribution in [3.05, 3.63) is 16.6 Å². The van der Waals surface area contributed by atoms with Crippen molar-refractivity contribution in [2.45, 2.75) is 45.9 Å². The SMILES string of the molecule is CC1CN(C(=O)OC(C)(C)C)Cc2cnc(Br)n21. The Morgan fingerprint density at radius 2 is 2.22 bits per heavy atom. The molecule has 0 fully saturated rings. The lowest BCUT2D eigenvalue weighted by molar-refractivity contribution is 0.0172. The third kappa shape index (κ3) is 2.68. The summed E-state index contributed by atoms with van der Waals surface area (Å²) < 4.78 is 8.30. The molecule has 2 heterocycles. The van der Waals surface area contributed by atoms with Gasteiger partial charge in [0, 0.05) is 6.54 Å². The van der Waals surface area contributed by atoms with Crippen molar-refractivity contribution >= 4 is 22.0 Å². The van der Waals surface area contributed by atoms with E-state index in [1.807, 2.05) is 20.8 Å². The molecule has 1 aromatic heterocycles. The van der Waals surface area contributed by atoms with Crippen LogP contribution in [0.15, 0.2) is 10.9 Å². The zero-order valence-electron chi connectivity index (χ0n) is 11.1. The Labute approximate surface area is 115 Å². The maximum Gasteiger partial charge on any atom is 0.410 e. The predicted molar refractivity (Wildman–Crippen MR) is 71.3 cm³/mol. The number of nitrogens with zero attached hydrogens (tertiary/aromatic N) is 3. The van der Waals surface area contributed by atoms with Crippen molar-refractivity contribution in [1.29, 1.82) is 0 Å². The van der Waals surface area contributed by atoms with Crippen LogP contribution in [0.4, 0.5) is 4.79 Å². The fourth-order valence-corrected chi connectivity index (χ4v) is 2.76. The van der Waals surface area contributed by atoms with Gasteiger partial charge in [0.25, 0.3) is 0 Å². The highest BCUT2D eigenvalue weighted by atomic mass is 79.9. The van der Waals surface area contributed by atoms with Crippen LogP contribution in [-0.2, 0) is 11.3 Å². The van der Waals surface area contributed by atoms with Gasteiger partial charge < -0.3 is 14.2 Å². The third-order valence-corrected chi connectivity index (χ3v) is 3.35. The summed E-state index contributed by atoms with van der Waals surface area (Å²) in [4.78, 5) is 18.0. The molecule has 0 aliphatic carbocycles. The Kier molecular flexibility index (Phi) is 3.40. The maximum absolute atomic E-state index is 12.0. The van der Waals surface area contributed by atoms with Gasteiger partial charge in [-0.2, -0.15) is 0 Å². The highest BCUT2D eigenvalue weighted by Gasteiger charge is 2.30. The number of carbonyl (C=O) groups excluding carboxylic acids is 1. The molecule has 0 N–H and O–H groups in total. The first-order valence-electron chi connectivity index (χ1n) is 5.97. The van der Waals surface area contributed by atoms with Crippen LogP contribution < -0.4 is 0 Å². The highest BCUT2D eigenvalue weighted by Crippen LogP contribution is 2.26. The summed E-state index contributed by atoms with van der Waals surface area (Å²) in [6.45, 7) is 8.86. The van der Waals surface area contributed by atoms with E-state index < -0.39 is 5.60 Å². The molecule has 0 saturated heterocycles. The molecular formula is C12H18BrN3O2. The number of fused-ring (bicyclic) bond motifs is 1. The Balaban J connectivity index is 2.14. The fourth-order valence-electron chi connectivity index (χ4n) is 2.08. The zero-order valence-corrected chi connectivity index (χ0v) is 12.7. The summed E-state index contributed by atoms with van der Waals surface area (Å²) in [6, 6.07) is 0.193. The van der Waals surface area contributed by atoms with Gasteiger partial charge in [-0.05, 0) is 43.6 Å². The second kappa shape index (κ2) is 4.57. The third-order valence-electron chi connectivity index (χ3n) is 2.76. The Bertz CT molecular complexity index is 464. The summed E-state index contributed by atoms with van der Waals surface area (Å²) in [7, 11) is 0. The number of rotatable bonds is 0. The summed E-state index contributed by atoms with van der Waals surface area (Å²) >= 11 is 3.42. The summed E-state index contributed by atoms with van der Waals surface area (Å²) in [5, 5.41) is 0. The fraction of sp³-hybridized carbons (Fsp3) is 0.667. The standard InChI is InChI=1S/C12H18BrN3O2/c1-8-6-15(11(17)18-12(2,3)4)7-9-5-14-10(13)16(8)9/h5,8H,6-7H2,1-4H3. The number of aromatic nitrogens is 2. The first-order chi connectivity index (χ1) is 8.28. The van der Waals surface area contributed by atoms with Crippen LogP contribution in [0.1, 0.15) is 39.4 Å². The van der Waals surface area contributed by atoms with Crippen molar-refractivity contribution < 1.29 is 9.53 Å². The minimum absolute atomic E-state index is 0.193. The molecule has 0 aromatic carbocycles. The molecule has 1 amide bonds. The molecule has 0 saturated carbocycles. The van der Waals surface area contributed by atoms with E-state index in [9.17, 15) is 4.79 Å². The van der Waals surface area contributed by atoms with Gasteiger partial charge in [-0.1, -0.05) is 0 Å². The van der Waals surface area contributed by atoms with E-state index in [4.69, 9.17) is 4.74 Å². The van der Waals surface area contributed by atoms with E-state index in [0.29, 0.717) is 13.1 Å². The molecule has 5 nitrogen and oxygen atoms in total. The van der Waals surface area contributed by atoms with Gasteiger partial charge in [0.2, 0.25) is 0 Å². The monoisotopic (exact) mass is 315 g/mol. The highest BCUT2D eigenvalue weighted by molar-refractivity contribution is 9.10. The van der Waals surface area contributed by atoms with Crippen molar-refractivity contribution in [3.63, 3.8) is 0 Å². The number of halogens is 1. The van der Waals surface area contributed by atoms with Gasteiger partial charge in [0.15, 0.2) is 4.73 Å². The average molecular weight is 316 g/mol. The van der Waals surface area contributed by atoms with Crippen LogP contribution in [0.2, 0.25) is 0 Å². The van der Waals surface area contributed by atoms with Gasteiger partial charge in [0.05, 0.1) is 24.5 Å². The van der Waals surface area contributed by atoms with Gasteiger partial charge in [-0.25, -0.2) is 9.78 Å². The lowest BCUT2D eigenvalue weighted by Crippen LogP contribution is -2.42. The van der Waals surface area contributed by atoms with Crippen LogP contribution in [0.5, 0.6) is 0 Å². The summed E-state index contributed by atoms with van der Waals surface area (Å²) in [6.07, 6.45) is 1.52. The van der Waals surface area contributed by atoms with E-state index in [-0.39, 0.29) is 12.1 Å². The summed E-state index contributed by atoms with van der Waals surface area (Å²) in [5.41, 5.74) is 0.560. The predicted octanol–water partition coefficient (Wildman–Crippen LogP) is 2.96. The van der Waals surface area contributed by atoms with Crippen LogP contribution in [0.25, 0.3) is 0 Å². The minimum Gasteiger partial charge on any atom is -0.444 e. The van der Waals surface area contributed by atoms with Crippen LogP contribution in [0.3, 0.4) is 0 Å². The quantitative estimate of drug-likeness (QED) is 0.739. The number of hydrogen-bond donors (Lipinski definition) is 0. The Hall–Kier alpha value is -1.04. The van der Waals surface area contributed by atoms with Crippen LogP contribution in [-0.4, -0.2) is 32.7 Å². The molecule has 1 aromatic rings. The number of hydrogen-bond acceptors (Lipinski definition) is 3. The maximum atomic E-state index is 12.0. The summed E-state index contributed by atoms with van der Waals surface area (Å²) in [5.74, 6) is 0. The van der Waals surface area contributed by atoms with E-state index in [0.717, 1.165) is 10.4 Å². The first-order valence-corrected chi connectivity index (χ1v) is 6.77. The van der Waals surface area contributed by atoms with E-state index in [1.54, 1.807) is 11.1 Å². The molecule has 18 heavy (non-hydrogen) atoms. The van der Waals surface area contributed by atoms with Crippen molar-refractivity contribution in [1.82, 2.24) is 14.5 Å². The van der Waals surface area contributed by atoms with Crippen molar-refractivity contribution in [2.24, 2.45) is 0 Å². The lowest BCUT2D eigenvalue weighted by Gasteiger charge is -2.34. The minimum atomic E-state index is -0.460. The van der Waals surface area contributed by atoms with E-state index in [2.05, 4.69) is 32.4 Å². The molecule has 0 radical (unpaired) electrons. The van der Waals surface area contributed by atoms with Crippen molar-refractivity contribution in [3.8, 4) is 0 Å². The second-order valence-corrected chi connectivity index (χ2v) is 6.31. The molecule has 1 aliphatic heterocycles. The van der Waals surface area contributed by atoms with Crippen LogP contribution >= 0.6 is 15.9 Å².